The number of carbonyl (C=O) groups is 1. The lowest BCUT2D eigenvalue weighted by atomic mass is 9.74. The van der Waals surface area contributed by atoms with Gasteiger partial charge in [0.05, 0.1) is 0 Å². The highest BCUT2D eigenvalue weighted by atomic mass is 16.2. The first-order chi connectivity index (χ1) is 8.27. The summed E-state index contributed by atoms with van der Waals surface area (Å²) >= 11 is 0. The minimum Gasteiger partial charge on any atom is -0.315 e. The molecule has 2 nitrogen and oxygen atoms in total. The number of carbonyl (C=O) groups excluding carboxylic acids is 1. The van der Waals surface area contributed by atoms with Gasteiger partial charge < -0.3 is 4.90 Å². The summed E-state index contributed by atoms with van der Waals surface area (Å²) in [5, 5.41) is 0. The Morgan fingerprint density at radius 3 is 2.82 bits per heavy atom. The lowest BCUT2D eigenvalue weighted by Crippen LogP contribution is -2.26. The fourth-order valence-electron chi connectivity index (χ4n) is 3.46. The molecule has 2 atom stereocenters. The van der Waals surface area contributed by atoms with Gasteiger partial charge in [-0.2, -0.15) is 0 Å². The first-order valence-corrected chi connectivity index (χ1v) is 6.63. The molecule has 1 saturated carbocycles. The number of fused-ring (bicyclic) bond motifs is 3. The van der Waals surface area contributed by atoms with Crippen LogP contribution in [0.25, 0.3) is 0 Å². The number of benzene rings is 1. The Balaban J connectivity index is 2.09. The van der Waals surface area contributed by atoms with Crippen LogP contribution >= 0.6 is 0 Å². The van der Waals surface area contributed by atoms with E-state index < -0.39 is 0 Å². The minimum atomic E-state index is 0.284. The Hall–Kier alpha value is -1.31. The Bertz CT molecular complexity index is 440. The van der Waals surface area contributed by atoms with Crippen molar-refractivity contribution in [1.29, 1.82) is 0 Å². The average Bonchev–Trinajstić information content (AvgIpc) is 2.48. The van der Waals surface area contributed by atoms with E-state index in [1.807, 2.05) is 18.0 Å². The molecule has 17 heavy (non-hydrogen) atoms. The van der Waals surface area contributed by atoms with Crippen molar-refractivity contribution in [2.24, 2.45) is 5.92 Å². The van der Waals surface area contributed by atoms with Gasteiger partial charge in [-0.15, -0.1) is 0 Å². The van der Waals surface area contributed by atoms with E-state index in [4.69, 9.17) is 0 Å². The number of amides is 1. The zero-order valence-electron chi connectivity index (χ0n) is 10.4. The van der Waals surface area contributed by atoms with Gasteiger partial charge in [0.1, 0.15) is 0 Å². The SMILES string of the molecule is CN1C(=O)CC2CCCCC2c2ccccc21. The largest absolute Gasteiger partial charge is 0.315 e. The van der Waals surface area contributed by atoms with E-state index in [1.165, 1.54) is 31.2 Å². The Morgan fingerprint density at radius 2 is 1.94 bits per heavy atom. The highest BCUT2D eigenvalue weighted by Gasteiger charge is 2.34. The standard InChI is InChI=1S/C15H19NO/c1-16-14-9-5-4-8-13(14)12-7-3-2-6-11(12)10-15(16)17/h4-5,8-9,11-12H,2-3,6-7,10H2,1H3. The normalized spacial score (nSPS) is 28.3. The van der Waals surface area contributed by atoms with Crippen molar-refractivity contribution in [3.8, 4) is 0 Å². The zero-order valence-corrected chi connectivity index (χ0v) is 10.4. The van der Waals surface area contributed by atoms with Crippen LogP contribution in [0.1, 0.15) is 43.6 Å². The summed E-state index contributed by atoms with van der Waals surface area (Å²) in [5.41, 5.74) is 2.53. The van der Waals surface area contributed by atoms with Crippen LogP contribution in [0, 0.1) is 5.92 Å². The number of hydrogen-bond donors (Lipinski definition) is 0. The molecule has 2 aliphatic rings. The number of rotatable bonds is 0. The molecule has 1 aromatic carbocycles. The number of para-hydroxylation sites is 1. The third-order valence-electron chi connectivity index (χ3n) is 4.42. The van der Waals surface area contributed by atoms with E-state index >= 15 is 0 Å². The van der Waals surface area contributed by atoms with Crippen LogP contribution in [0.15, 0.2) is 24.3 Å². The van der Waals surface area contributed by atoms with E-state index in [2.05, 4.69) is 18.2 Å². The lowest BCUT2D eigenvalue weighted by Gasteiger charge is -2.30. The van der Waals surface area contributed by atoms with Crippen molar-refractivity contribution in [1.82, 2.24) is 0 Å². The summed E-state index contributed by atoms with van der Waals surface area (Å²) in [7, 11) is 1.92. The second-order valence-corrected chi connectivity index (χ2v) is 5.37. The molecule has 2 unspecified atom stereocenters. The van der Waals surface area contributed by atoms with Crippen molar-refractivity contribution in [3.05, 3.63) is 29.8 Å². The van der Waals surface area contributed by atoms with Crippen molar-refractivity contribution in [2.75, 3.05) is 11.9 Å². The summed E-state index contributed by atoms with van der Waals surface area (Å²) in [6.45, 7) is 0. The molecule has 1 aliphatic carbocycles. The molecular weight excluding hydrogens is 210 g/mol. The second-order valence-electron chi connectivity index (χ2n) is 5.37. The van der Waals surface area contributed by atoms with Crippen molar-refractivity contribution >= 4 is 11.6 Å². The van der Waals surface area contributed by atoms with Gasteiger partial charge >= 0.3 is 0 Å². The van der Waals surface area contributed by atoms with Crippen LogP contribution in [-0.2, 0) is 4.79 Å². The van der Waals surface area contributed by atoms with Crippen LogP contribution in [0.4, 0.5) is 5.69 Å². The zero-order chi connectivity index (χ0) is 11.8. The first kappa shape index (κ1) is 10.8. The molecule has 90 valence electrons. The van der Waals surface area contributed by atoms with Crippen molar-refractivity contribution < 1.29 is 4.79 Å². The average molecular weight is 229 g/mol. The molecule has 3 rings (SSSR count). The molecule has 0 spiro atoms. The van der Waals surface area contributed by atoms with Gasteiger partial charge in [-0.1, -0.05) is 31.0 Å². The van der Waals surface area contributed by atoms with Crippen molar-refractivity contribution in [3.63, 3.8) is 0 Å². The molecule has 0 saturated heterocycles. The van der Waals surface area contributed by atoms with Gasteiger partial charge in [0.15, 0.2) is 0 Å². The molecule has 1 aliphatic heterocycles. The number of hydrogen-bond acceptors (Lipinski definition) is 1. The van der Waals surface area contributed by atoms with E-state index in [0.717, 1.165) is 12.1 Å². The smallest absolute Gasteiger partial charge is 0.227 e. The highest BCUT2D eigenvalue weighted by Crippen LogP contribution is 2.45. The molecule has 2 heteroatoms. The van der Waals surface area contributed by atoms with Crippen LogP contribution in [0.5, 0.6) is 0 Å². The topological polar surface area (TPSA) is 20.3 Å². The summed E-state index contributed by atoms with van der Waals surface area (Å²) in [6, 6.07) is 8.44. The van der Waals surface area contributed by atoms with Gasteiger partial charge in [0, 0.05) is 19.2 Å². The fraction of sp³-hybridized carbons (Fsp3) is 0.533. The van der Waals surface area contributed by atoms with Gasteiger partial charge in [-0.3, -0.25) is 4.79 Å². The molecule has 0 aromatic heterocycles. The van der Waals surface area contributed by atoms with Crippen molar-refractivity contribution in [2.45, 2.75) is 38.0 Å². The third kappa shape index (κ3) is 1.76. The molecule has 1 amide bonds. The highest BCUT2D eigenvalue weighted by molar-refractivity contribution is 5.94. The van der Waals surface area contributed by atoms with Crippen LogP contribution in [-0.4, -0.2) is 13.0 Å². The van der Waals surface area contributed by atoms with E-state index in [-0.39, 0.29) is 5.91 Å². The van der Waals surface area contributed by atoms with Gasteiger partial charge in [-0.25, -0.2) is 0 Å². The fourth-order valence-corrected chi connectivity index (χ4v) is 3.46. The lowest BCUT2D eigenvalue weighted by molar-refractivity contribution is -0.119. The van der Waals surface area contributed by atoms with Crippen LogP contribution in [0.3, 0.4) is 0 Å². The Kier molecular flexibility index (Phi) is 2.65. The Morgan fingerprint density at radius 1 is 1.18 bits per heavy atom. The van der Waals surface area contributed by atoms with Crippen LogP contribution < -0.4 is 4.90 Å². The summed E-state index contributed by atoms with van der Waals surface area (Å²) in [6.07, 6.45) is 5.81. The monoisotopic (exact) mass is 229 g/mol. The first-order valence-electron chi connectivity index (χ1n) is 6.63. The number of anilines is 1. The van der Waals surface area contributed by atoms with Crippen LogP contribution in [0.2, 0.25) is 0 Å². The third-order valence-corrected chi connectivity index (χ3v) is 4.42. The summed E-state index contributed by atoms with van der Waals surface area (Å²) in [5.74, 6) is 1.46. The van der Waals surface area contributed by atoms with Gasteiger partial charge in [0.2, 0.25) is 5.91 Å². The molecular formula is C15H19NO. The van der Waals surface area contributed by atoms with E-state index in [1.54, 1.807) is 0 Å². The summed E-state index contributed by atoms with van der Waals surface area (Å²) < 4.78 is 0. The predicted molar refractivity (Wildman–Crippen MR) is 69.2 cm³/mol. The summed E-state index contributed by atoms with van der Waals surface area (Å²) in [4.78, 5) is 14.0. The molecule has 0 N–H and O–H groups in total. The molecule has 0 bridgehead atoms. The molecule has 1 heterocycles. The quantitative estimate of drug-likeness (QED) is 0.668. The maximum absolute atomic E-state index is 12.2. The Labute approximate surface area is 103 Å². The molecule has 0 radical (unpaired) electrons. The molecule has 1 fully saturated rings. The van der Waals surface area contributed by atoms with Gasteiger partial charge in [0.25, 0.3) is 0 Å². The predicted octanol–water partition coefficient (Wildman–Crippen LogP) is 3.33. The van der Waals surface area contributed by atoms with Gasteiger partial charge in [-0.05, 0) is 36.3 Å². The maximum atomic E-state index is 12.2. The van der Waals surface area contributed by atoms with E-state index in [0.29, 0.717) is 11.8 Å². The second kappa shape index (κ2) is 4.17. The molecule has 1 aromatic rings. The van der Waals surface area contributed by atoms with E-state index in [9.17, 15) is 4.79 Å². The number of nitrogens with zero attached hydrogens (tertiary/aromatic N) is 1. The minimum absolute atomic E-state index is 0.284. The maximum Gasteiger partial charge on any atom is 0.227 e.